The zero-order chi connectivity index (χ0) is 18.4. The summed E-state index contributed by atoms with van der Waals surface area (Å²) in [5, 5.41) is 0. The predicted molar refractivity (Wildman–Crippen MR) is 105 cm³/mol. The number of alkyl halides is 2. The van der Waals surface area contributed by atoms with Crippen LogP contribution in [0.25, 0.3) is 0 Å². The van der Waals surface area contributed by atoms with Crippen molar-refractivity contribution in [3.8, 4) is 11.5 Å². The minimum Gasteiger partial charge on any atom is -0.493 e. The van der Waals surface area contributed by atoms with E-state index in [-0.39, 0.29) is 24.7 Å². The zero-order valence-corrected chi connectivity index (χ0v) is 17.1. The van der Waals surface area contributed by atoms with Crippen LogP contribution in [0.1, 0.15) is 49.7 Å². The molecule has 1 unspecified atom stereocenters. The van der Waals surface area contributed by atoms with Crippen molar-refractivity contribution in [3.05, 3.63) is 23.3 Å². The Morgan fingerprint density at radius 1 is 1.21 bits per heavy atom. The van der Waals surface area contributed by atoms with E-state index in [1.54, 1.807) is 7.11 Å². The molecular weight excluding hydrogens is 384 g/mol. The van der Waals surface area contributed by atoms with E-state index in [9.17, 15) is 0 Å². The molecule has 1 aromatic rings. The summed E-state index contributed by atoms with van der Waals surface area (Å²) in [7, 11) is 1.60. The fraction of sp³-hybridized carbons (Fsp3) is 0.727. The molecule has 6 heteroatoms. The summed E-state index contributed by atoms with van der Waals surface area (Å²) in [6.45, 7) is 2.07. The summed E-state index contributed by atoms with van der Waals surface area (Å²) in [5.41, 5.74) is 1.75. The molecule has 4 atom stereocenters. The summed E-state index contributed by atoms with van der Waals surface area (Å²) in [4.78, 5) is 2.64. The van der Waals surface area contributed by atoms with Crippen molar-refractivity contribution in [2.75, 3.05) is 20.2 Å². The average Bonchev–Trinajstić information content (AvgIpc) is 2.96. The third-order valence-corrected chi connectivity index (χ3v) is 8.32. The zero-order valence-electron chi connectivity index (χ0n) is 16.3. The SMILES string of the molecule is COc1ccc2c3c1OC1C(F)(F)CC[C@H]4[C@@H](C2)N(CC2CCC2)CC[C@]314.Cl. The number of piperidine rings is 1. The summed E-state index contributed by atoms with van der Waals surface area (Å²) in [6.07, 6.45) is 5.30. The van der Waals surface area contributed by atoms with E-state index in [0.717, 1.165) is 37.4 Å². The molecule has 2 aliphatic heterocycles. The topological polar surface area (TPSA) is 21.7 Å². The molecule has 154 valence electrons. The molecule has 5 aliphatic rings. The van der Waals surface area contributed by atoms with Gasteiger partial charge in [-0.15, -0.1) is 12.4 Å². The smallest absolute Gasteiger partial charge is 0.285 e. The highest BCUT2D eigenvalue weighted by Crippen LogP contribution is 2.66. The number of rotatable bonds is 3. The molecule has 2 saturated carbocycles. The molecule has 2 heterocycles. The number of ether oxygens (including phenoxy) is 2. The van der Waals surface area contributed by atoms with Crippen LogP contribution in [0.5, 0.6) is 11.5 Å². The number of nitrogens with zero attached hydrogens (tertiary/aromatic N) is 1. The fourth-order valence-corrected chi connectivity index (χ4v) is 6.95. The second kappa shape index (κ2) is 6.21. The summed E-state index contributed by atoms with van der Waals surface area (Å²) >= 11 is 0. The highest BCUT2D eigenvalue weighted by atomic mass is 35.5. The maximum Gasteiger partial charge on any atom is 0.285 e. The van der Waals surface area contributed by atoms with E-state index in [2.05, 4.69) is 11.0 Å². The molecule has 6 rings (SSSR count). The van der Waals surface area contributed by atoms with Crippen LogP contribution in [-0.2, 0) is 11.8 Å². The van der Waals surface area contributed by atoms with Crippen molar-refractivity contribution in [2.24, 2.45) is 11.8 Å². The molecule has 1 aromatic carbocycles. The summed E-state index contributed by atoms with van der Waals surface area (Å²) in [6, 6.07) is 4.40. The van der Waals surface area contributed by atoms with Crippen molar-refractivity contribution in [2.45, 2.75) is 68.4 Å². The Labute approximate surface area is 171 Å². The lowest BCUT2D eigenvalue weighted by Crippen LogP contribution is -2.68. The Bertz CT molecular complexity index is 799. The number of hydrogen-bond acceptors (Lipinski definition) is 3. The predicted octanol–water partition coefficient (Wildman–Crippen LogP) is 4.59. The van der Waals surface area contributed by atoms with Gasteiger partial charge in [0.15, 0.2) is 17.6 Å². The van der Waals surface area contributed by atoms with Gasteiger partial charge in [0, 0.05) is 30.0 Å². The Kier molecular flexibility index (Phi) is 4.20. The van der Waals surface area contributed by atoms with Crippen LogP contribution in [0.4, 0.5) is 8.78 Å². The molecule has 3 nitrogen and oxygen atoms in total. The second-order valence-corrected chi connectivity index (χ2v) is 9.39. The van der Waals surface area contributed by atoms with E-state index < -0.39 is 17.4 Å². The van der Waals surface area contributed by atoms with Crippen LogP contribution in [0.3, 0.4) is 0 Å². The molecule has 28 heavy (non-hydrogen) atoms. The van der Waals surface area contributed by atoms with Crippen LogP contribution in [0.15, 0.2) is 12.1 Å². The first-order valence-electron chi connectivity index (χ1n) is 10.5. The first kappa shape index (κ1) is 18.9. The molecule has 3 aliphatic carbocycles. The van der Waals surface area contributed by atoms with Gasteiger partial charge in [0.25, 0.3) is 5.92 Å². The number of methoxy groups -OCH3 is 1. The van der Waals surface area contributed by atoms with E-state index in [1.807, 2.05) is 6.07 Å². The van der Waals surface area contributed by atoms with Gasteiger partial charge in [-0.2, -0.15) is 0 Å². The van der Waals surface area contributed by atoms with Crippen molar-refractivity contribution in [1.29, 1.82) is 0 Å². The number of likely N-dealkylation sites (tertiary alicyclic amines) is 1. The maximum absolute atomic E-state index is 15.1. The Morgan fingerprint density at radius 3 is 2.75 bits per heavy atom. The average molecular weight is 412 g/mol. The fourth-order valence-electron chi connectivity index (χ4n) is 6.95. The minimum atomic E-state index is -2.77. The molecule has 1 spiro atoms. The minimum absolute atomic E-state index is 0. The van der Waals surface area contributed by atoms with Crippen molar-refractivity contribution >= 4 is 12.4 Å². The van der Waals surface area contributed by atoms with Gasteiger partial charge in [0.1, 0.15) is 0 Å². The lowest BCUT2D eigenvalue weighted by molar-refractivity contribution is -0.182. The van der Waals surface area contributed by atoms with Crippen molar-refractivity contribution in [3.63, 3.8) is 0 Å². The number of hydrogen-bond donors (Lipinski definition) is 0. The van der Waals surface area contributed by atoms with Crippen LogP contribution < -0.4 is 9.47 Å². The van der Waals surface area contributed by atoms with Crippen LogP contribution in [0, 0.1) is 11.8 Å². The quantitative estimate of drug-likeness (QED) is 0.726. The monoisotopic (exact) mass is 411 g/mol. The molecule has 3 fully saturated rings. The third-order valence-electron chi connectivity index (χ3n) is 8.32. The van der Waals surface area contributed by atoms with Crippen molar-refractivity contribution < 1.29 is 18.3 Å². The van der Waals surface area contributed by atoms with E-state index >= 15 is 8.78 Å². The van der Waals surface area contributed by atoms with Crippen LogP contribution in [-0.4, -0.2) is 43.2 Å². The highest BCUT2D eigenvalue weighted by molar-refractivity contribution is 5.85. The lowest BCUT2D eigenvalue weighted by atomic mass is 9.51. The molecule has 0 N–H and O–H groups in total. The van der Waals surface area contributed by atoms with E-state index in [0.29, 0.717) is 24.0 Å². The van der Waals surface area contributed by atoms with Gasteiger partial charge < -0.3 is 9.47 Å². The van der Waals surface area contributed by atoms with Gasteiger partial charge in [0.2, 0.25) is 0 Å². The normalized spacial score (nSPS) is 37.3. The first-order chi connectivity index (χ1) is 13.0. The van der Waals surface area contributed by atoms with Crippen LogP contribution in [0.2, 0.25) is 0 Å². The van der Waals surface area contributed by atoms with Crippen molar-refractivity contribution in [1.82, 2.24) is 4.90 Å². The lowest BCUT2D eigenvalue weighted by Gasteiger charge is -2.60. The largest absolute Gasteiger partial charge is 0.493 e. The number of halogens is 3. The van der Waals surface area contributed by atoms with Gasteiger partial charge in [-0.1, -0.05) is 12.5 Å². The highest BCUT2D eigenvalue weighted by Gasteiger charge is 2.70. The van der Waals surface area contributed by atoms with Gasteiger partial charge in [-0.3, -0.25) is 4.90 Å². The van der Waals surface area contributed by atoms with Gasteiger partial charge in [-0.25, -0.2) is 8.78 Å². The van der Waals surface area contributed by atoms with Gasteiger partial charge in [-0.05, 0) is 62.1 Å². The molecular formula is C22H28ClF2NO2. The summed E-state index contributed by atoms with van der Waals surface area (Å²) < 4.78 is 41.7. The standard InChI is InChI=1S/C22H27F2NO2.ClH/c1-26-17-6-5-14-11-16-15-7-8-22(23,24)20-21(15,18(14)19(17)27-20)9-10-25(16)12-13-3-2-4-13;/h5-6,13,15-16,20H,2-4,7-12H2,1H3;1H/t15-,16+,20?,21-;/m0./s1. The van der Waals surface area contributed by atoms with Crippen LogP contribution >= 0.6 is 12.4 Å². The summed E-state index contributed by atoms with van der Waals surface area (Å²) in [5.74, 6) is -0.459. The Balaban J connectivity index is 0.00000171. The number of benzene rings is 1. The molecule has 2 bridgehead atoms. The van der Waals surface area contributed by atoms with E-state index in [1.165, 1.54) is 24.8 Å². The molecule has 0 amide bonds. The second-order valence-electron chi connectivity index (χ2n) is 9.39. The molecule has 1 saturated heterocycles. The van der Waals surface area contributed by atoms with E-state index in [4.69, 9.17) is 9.47 Å². The molecule has 0 radical (unpaired) electrons. The maximum atomic E-state index is 15.1. The third kappa shape index (κ3) is 2.23. The Hall–Kier alpha value is -1.07. The molecule has 0 aromatic heterocycles. The Morgan fingerprint density at radius 2 is 2.04 bits per heavy atom. The first-order valence-corrected chi connectivity index (χ1v) is 10.5. The van der Waals surface area contributed by atoms with Gasteiger partial charge in [0.05, 0.1) is 7.11 Å². The van der Waals surface area contributed by atoms with Gasteiger partial charge >= 0.3 is 0 Å².